The second kappa shape index (κ2) is 7.99. The zero-order valence-corrected chi connectivity index (χ0v) is 13.9. The Hall–Kier alpha value is -0.810. The summed E-state index contributed by atoms with van der Waals surface area (Å²) in [5, 5.41) is 6.15. The summed E-state index contributed by atoms with van der Waals surface area (Å²) in [6.07, 6.45) is 4.69. The molecule has 2 heterocycles. The van der Waals surface area contributed by atoms with Gasteiger partial charge in [-0.1, -0.05) is 6.92 Å². The van der Waals surface area contributed by atoms with Crippen LogP contribution in [0.5, 0.6) is 0 Å². The summed E-state index contributed by atoms with van der Waals surface area (Å²) in [5.41, 5.74) is 0. The van der Waals surface area contributed by atoms with Crippen LogP contribution in [0.2, 0.25) is 0 Å². The van der Waals surface area contributed by atoms with E-state index < -0.39 is 0 Å². The van der Waals surface area contributed by atoms with Crippen molar-refractivity contribution in [1.29, 1.82) is 0 Å². The SMILES string of the molecule is CC1CCN([C@@H](C)CNC(=O)NC2CCN(C)CC2)CC1. The van der Waals surface area contributed by atoms with Gasteiger partial charge in [0.1, 0.15) is 0 Å². The minimum atomic E-state index is 0.00165. The van der Waals surface area contributed by atoms with E-state index in [1.54, 1.807) is 0 Å². The molecule has 0 bridgehead atoms. The highest BCUT2D eigenvalue weighted by molar-refractivity contribution is 5.74. The number of hydrogen-bond donors (Lipinski definition) is 2. The molecule has 0 aromatic heterocycles. The van der Waals surface area contributed by atoms with Gasteiger partial charge in [0.05, 0.1) is 0 Å². The number of urea groups is 1. The Morgan fingerprint density at radius 1 is 1.14 bits per heavy atom. The van der Waals surface area contributed by atoms with Gasteiger partial charge in [0.2, 0.25) is 0 Å². The normalized spacial score (nSPS) is 24.7. The van der Waals surface area contributed by atoms with Gasteiger partial charge in [0.15, 0.2) is 0 Å². The van der Waals surface area contributed by atoms with Crippen LogP contribution >= 0.6 is 0 Å². The molecular weight excluding hydrogens is 264 g/mol. The average molecular weight is 296 g/mol. The topological polar surface area (TPSA) is 47.6 Å². The summed E-state index contributed by atoms with van der Waals surface area (Å²) < 4.78 is 0. The fourth-order valence-corrected chi connectivity index (χ4v) is 3.23. The molecule has 0 unspecified atom stereocenters. The summed E-state index contributed by atoms with van der Waals surface area (Å²) >= 11 is 0. The highest BCUT2D eigenvalue weighted by atomic mass is 16.2. The molecule has 5 heteroatoms. The van der Waals surface area contributed by atoms with E-state index in [-0.39, 0.29) is 6.03 Å². The molecular formula is C16H32N4O. The van der Waals surface area contributed by atoms with Crippen LogP contribution in [0.3, 0.4) is 0 Å². The fourth-order valence-electron chi connectivity index (χ4n) is 3.23. The van der Waals surface area contributed by atoms with Gasteiger partial charge in [0.25, 0.3) is 0 Å². The number of piperidine rings is 2. The van der Waals surface area contributed by atoms with E-state index >= 15 is 0 Å². The minimum absolute atomic E-state index is 0.00165. The number of rotatable bonds is 4. The lowest BCUT2D eigenvalue weighted by molar-refractivity contribution is 0.144. The average Bonchev–Trinajstić information content (AvgIpc) is 2.48. The predicted octanol–water partition coefficient (Wildman–Crippen LogP) is 1.50. The molecule has 2 amide bonds. The number of hydrogen-bond acceptors (Lipinski definition) is 3. The number of amides is 2. The number of likely N-dealkylation sites (tertiary alicyclic amines) is 2. The second-order valence-corrected chi connectivity index (χ2v) is 7.00. The molecule has 2 aliphatic heterocycles. The lowest BCUT2D eigenvalue weighted by Crippen LogP contribution is -2.50. The van der Waals surface area contributed by atoms with Crippen LogP contribution in [0.4, 0.5) is 4.79 Å². The number of carbonyl (C=O) groups is 1. The smallest absolute Gasteiger partial charge is 0.315 e. The van der Waals surface area contributed by atoms with Gasteiger partial charge in [-0.3, -0.25) is 4.90 Å². The summed E-state index contributed by atoms with van der Waals surface area (Å²) in [6, 6.07) is 0.773. The van der Waals surface area contributed by atoms with Gasteiger partial charge in [-0.05, 0) is 71.8 Å². The molecule has 1 atom stereocenters. The maximum absolute atomic E-state index is 12.0. The van der Waals surface area contributed by atoms with Gasteiger partial charge in [0, 0.05) is 18.6 Å². The Labute approximate surface area is 129 Å². The molecule has 5 nitrogen and oxygen atoms in total. The Morgan fingerprint density at radius 3 is 2.38 bits per heavy atom. The first-order valence-corrected chi connectivity index (χ1v) is 8.51. The molecule has 2 rings (SSSR count). The zero-order chi connectivity index (χ0) is 15.2. The Balaban J connectivity index is 1.62. The van der Waals surface area contributed by atoms with Crippen LogP contribution in [-0.2, 0) is 0 Å². The van der Waals surface area contributed by atoms with Crippen molar-refractivity contribution < 1.29 is 4.79 Å². The third-order valence-electron chi connectivity index (χ3n) is 5.05. The molecule has 2 fully saturated rings. The Morgan fingerprint density at radius 2 is 1.76 bits per heavy atom. The monoisotopic (exact) mass is 296 g/mol. The van der Waals surface area contributed by atoms with Crippen molar-refractivity contribution in [2.45, 2.75) is 51.6 Å². The van der Waals surface area contributed by atoms with Crippen LogP contribution in [-0.4, -0.2) is 67.7 Å². The van der Waals surface area contributed by atoms with E-state index in [1.807, 2.05) is 0 Å². The molecule has 0 aromatic rings. The quantitative estimate of drug-likeness (QED) is 0.826. The van der Waals surface area contributed by atoms with Gasteiger partial charge in [-0.15, -0.1) is 0 Å². The van der Waals surface area contributed by atoms with Crippen molar-refractivity contribution in [3.05, 3.63) is 0 Å². The zero-order valence-electron chi connectivity index (χ0n) is 13.9. The highest BCUT2D eigenvalue weighted by Gasteiger charge is 2.21. The third-order valence-corrected chi connectivity index (χ3v) is 5.05. The molecule has 122 valence electrons. The standard InChI is InChI=1S/C16H32N4O/c1-13-4-10-20(11-5-13)14(2)12-17-16(21)18-15-6-8-19(3)9-7-15/h13-15H,4-12H2,1-3H3,(H2,17,18,21)/t14-/m0/s1. The summed E-state index contributed by atoms with van der Waals surface area (Å²) in [6.45, 7) is 9.77. The van der Waals surface area contributed by atoms with Crippen molar-refractivity contribution in [3.8, 4) is 0 Å². The maximum Gasteiger partial charge on any atom is 0.315 e. The van der Waals surface area contributed by atoms with Crippen LogP contribution in [0, 0.1) is 5.92 Å². The van der Waals surface area contributed by atoms with Crippen LogP contribution < -0.4 is 10.6 Å². The first-order valence-electron chi connectivity index (χ1n) is 8.51. The van der Waals surface area contributed by atoms with E-state index in [1.165, 1.54) is 25.9 Å². The van der Waals surface area contributed by atoms with Gasteiger partial charge in [-0.25, -0.2) is 4.79 Å². The Kier molecular flexibility index (Phi) is 6.30. The fraction of sp³-hybridized carbons (Fsp3) is 0.938. The first kappa shape index (κ1) is 16.6. The molecule has 0 radical (unpaired) electrons. The van der Waals surface area contributed by atoms with Crippen molar-refractivity contribution in [1.82, 2.24) is 20.4 Å². The molecule has 0 aromatic carbocycles. The van der Waals surface area contributed by atoms with Crippen LogP contribution in [0.25, 0.3) is 0 Å². The van der Waals surface area contributed by atoms with Gasteiger partial charge in [-0.2, -0.15) is 0 Å². The predicted molar refractivity (Wildman–Crippen MR) is 86.5 cm³/mol. The molecule has 21 heavy (non-hydrogen) atoms. The van der Waals surface area contributed by atoms with E-state index in [4.69, 9.17) is 0 Å². The summed E-state index contributed by atoms with van der Waals surface area (Å²) in [4.78, 5) is 16.8. The van der Waals surface area contributed by atoms with Crippen LogP contribution in [0.15, 0.2) is 0 Å². The van der Waals surface area contributed by atoms with Gasteiger partial charge < -0.3 is 15.5 Å². The second-order valence-electron chi connectivity index (χ2n) is 7.00. The van der Waals surface area contributed by atoms with Crippen molar-refractivity contribution in [2.75, 3.05) is 39.8 Å². The lowest BCUT2D eigenvalue weighted by Gasteiger charge is -2.35. The number of carbonyl (C=O) groups excluding carboxylic acids is 1. The number of nitrogens with zero attached hydrogens (tertiary/aromatic N) is 2. The van der Waals surface area contributed by atoms with E-state index in [0.717, 1.165) is 38.4 Å². The molecule has 2 N–H and O–H groups in total. The molecule has 0 saturated carbocycles. The molecule has 0 aliphatic carbocycles. The summed E-state index contributed by atoms with van der Waals surface area (Å²) in [5.74, 6) is 0.856. The van der Waals surface area contributed by atoms with Crippen molar-refractivity contribution in [3.63, 3.8) is 0 Å². The van der Waals surface area contributed by atoms with E-state index in [2.05, 4.69) is 41.3 Å². The van der Waals surface area contributed by atoms with Crippen molar-refractivity contribution in [2.24, 2.45) is 5.92 Å². The van der Waals surface area contributed by atoms with Gasteiger partial charge >= 0.3 is 6.03 Å². The van der Waals surface area contributed by atoms with Crippen molar-refractivity contribution >= 4 is 6.03 Å². The Bertz CT molecular complexity index is 320. The molecule has 2 aliphatic rings. The molecule has 2 saturated heterocycles. The maximum atomic E-state index is 12.0. The highest BCUT2D eigenvalue weighted by Crippen LogP contribution is 2.17. The summed E-state index contributed by atoms with van der Waals surface area (Å²) in [7, 11) is 2.14. The largest absolute Gasteiger partial charge is 0.337 e. The first-order chi connectivity index (χ1) is 10.0. The number of nitrogens with one attached hydrogen (secondary N) is 2. The third kappa shape index (κ3) is 5.47. The van der Waals surface area contributed by atoms with E-state index in [9.17, 15) is 4.79 Å². The van der Waals surface area contributed by atoms with E-state index in [0.29, 0.717) is 12.1 Å². The lowest BCUT2D eigenvalue weighted by atomic mass is 9.98. The minimum Gasteiger partial charge on any atom is -0.337 e. The molecule has 0 spiro atoms. The van der Waals surface area contributed by atoms with Crippen LogP contribution in [0.1, 0.15) is 39.5 Å².